The maximum absolute atomic E-state index is 6.35. The Morgan fingerprint density at radius 1 is 1.12 bits per heavy atom. The second-order valence-corrected chi connectivity index (χ2v) is 6.72. The molecule has 2 N–H and O–H groups in total. The molecule has 0 aliphatic carbocycles. The van der Waals surface area contributed by atoms with Gasteiger partial charge >= 0.3 is 0 Å². The minimum Gasteiger partial charge on any atom is -0.320 e. The summed E-state index contributed by atoms with van der Waals surface area (Å²) >= 11 is 8.78. The van der Waals surface area contributed by atoms with E-state index in [1.165, 1.54) is 21.6 Å². The summed E-state index contributed by atoms with van der Waals surface area (Å²) in [5.41, 5.74) is 9.97. The van der Waals surface area contributed by atoms with Crippen LogP contribution in [0.4, 0.5) is 0 Å². The van der Waals surface area contributed by atoms with Gasteiger partial charge in [0.05, 0.1) is 6.04 Å². The van der Waals surface area contributed by atoms with Gasteiger partial charge in [0.25, 0.3) is 0 Å². The minimum absolute atomic E-state index is 0.0591. The summed E-state index contributed by atoms with van der Waals surface area (Å²) < 4.78 is 2.23. The van der Waals surface area contributed by atoms with Crippen molar-refractivity contribution < 1.29 is 0 Å². The van der Waals surface area contributed by atoms with E-state index in [2.05, 4.69) is 63.2 Å². The maximum atomic E-state index is 6.35. The van der Waals surface area contributed by atoms with Gasteiger partial charge in [0.2, 0.25) is 0 Å². The third kappa shape index (κ3) is 2.65. The van der Waals surface area contributed by atoms with Crippen molar-refractivity contribution in [1.82, 2.24) is 0 Å². The second-order valence-electron chi connectivity index (χ2n) is 4.07. The summed E-state index contributed by atoms with van der Waals surface area (Å²) in [4.78, 5) is 1.18. The maximum Gasteiger partial charge on any atom is 0.0660 e. The van der Waals surface area contributed by atoms with E-state index in [0.29, 0.717) is 0 Å². The third-order valence-corrected chi connectivity index (χ3v) is 5.62. The van der Waals surface area contributed by atoms with Crippen LogP contribution < -0.4 is 5.73 Å². The lowest BCUT2D eigenvalue weighted by Gasteiger charge is -2.16. The van der Waals surface area contributed by atoms with Crippen molar-refractivity contribution in [3.8, 4) is 0 Å². The number of hydrogen-bond donors (Lipinski definition) is 1. The van der Waals surface area contributed by atoms with E-state index in [1.807, 2.05) is 6.07 Å². The van der Waals surface area contributed by atoms with Gasteiger partial charge in [-0.3, -0.25) is 0 Å². The molecule has 2 aromatic rings. The first-order valence-corrected chi connectivity index (χ1v) is 7.72. The number of aryl methyl sites for hydroxylation is 2. The Kier molecular flexibility index (Phi) is 4.08. The van der Waals surface area contributed by atoms with Gasteiger partial charge in [-0.05, 0) is 64.0 Å². The Hall–Kier alpha value is -0.160. The van der Waals surface area contributed by atoms with Crippen molar-refractivity contribution in [1.29, 1.82) is 0 Å². The lowest BCUT2D eigenvalue weighted by Crippen LogP contribution is -2.12. The predicted molar refractivity (Wildman–Crippen MR) is 81.7 cm³/mol. The van der Waals surface area contributed by atoms with Crippen LogP contribution in [0.15, 0.2) is 32.5 Å². The molecule has 90 valence electrons. The number of nitrogens with two attached hydrogens (primary N) is 1. The van der Waals surface area contributed by atoms with Crippen molar-refractivity contribution in [2.45, 2.75) is 19.9 Å². The third-order valence-electron chi connectivity index (χ3n) is 2.81. The molecule has 0 aliphatic rings. The zero-order chi connectivity index (χ0) is 12.6. The molecule has 0 amide bonds. The number of thiophene rings is 1. The van der Waals surface area contributed by atoms with Crippen LogP contribution in [0.25, 0.3) is 0 Å². The quantitative estimate of drug-likeness (QED) is 0.791. The molecule has 17 heavy (non-hydrogen) atoms. The Morgan fingerprint density at radius 3 is 2.41 bits per heavy atom. The summed E-state index contributed by atoms with van der Waals surface area (Å²) in [6.07, 6.45) is 0. The first kappa shape index (κ1) is 13.3. The predicted octanol–water partition coefficient (Wildman–Crippen LogP) is 4.94. The molecule has 2 rings (SSSR count). The normalized spacial score (nSPS) is 12.8. The van der Waals surface area contributed by atoms with Crippen molar-refractivity contribution >= 4 is 43.2 Å². The van der Waals surface area contributed by atoms with E-state index in [1.54, 1.807) is 11.3 Å². The van der Waals surface area contributed by atoms with Crippen LogP contribution in [0.2, 0.25) is 0 Å². The zero-order valence-corrected chi connectivity index (χ0v) is 13.6. The molecule has 1 aromatic heterocycles. The summed E-state index contributed by atoms with van der Waals surface area (Å²) in [6.45, 7) is 4.18. The molecule has 1 nitrogen and oxygen atoms in total. The standard InChI is InChI=1S/C13H13Br2NS/c1-7-6-11(15)8(2)5-9(7)12(16)13-10(14)3-4-17-13/h3-6,12H,16H2,1-2H3. The smallest absolute Gasteiger partial charge is 0.0660 e. The fourth-order valence-corrected chi connectivity index (χ4v) is 3.90. The summed E-state index contributed by atoms with van der Waals surface area (Å²) in [7, 11) is 0. The van der Waals surface area contributed by atoms with Crippen molar-refractivity contribution in [2.24, 2.45) is 5.73 Å². The monoisotopic (exact) mass is 373 g/mol. The Morgan fingerprint density at radius 2 is 1.82 bits per heavy atom. The highest BCUT2D eigenvalue weighted by Crippen LogP contribution is 2.34. The van der Waals surface area contributed by atoms with Crippen LogP contribution in [0, 0.1) is 13.8 Å². The van der Waals surface area contributed by atoms with Crippen LogP contribution in [-0.4, -0.2) is 0 Å². The van der Waals surface area contributed by atoms with Gasteiger partial charge in [0.15, 0.2) is 0 Å². The fraction of sp³-hybridized carbons (Fsp3) is 0.231. The largest absolute Gasteiger partial charge is 0.320 e. The summed E-state index contributed by atoms with van der Waals surface area (Å²) in [5, 5.41) is 2.06. The Bertz CT molecular complexity index is 548. The molecule has 0 bridgehead atoms. The highest BCUT2D eigenvalue weighted by molar-refractivity contribution is 9.10. The highest BCUT2D eigenvalue weighted by Gasteiger charge is 2.16. The highest BCUT2D eigenvalue weighted by atomic mass is 79.9. The van der Waals surface area contributed by atoms with E-state index in [9.17, 15) is 0 Å². The molecular weight excluding hydrogens is 362 g/mol. The number of rotatable bonds is 2. The van der Waals surface area contributed by atoms with E-state index in [-0.39, 0.29) is 6.04 Å². The topological polar surface area (TPSA) is 26.0 Å². The van der Waals surface area contributed by atoms with Gasteiger partial charge in [-0.25, -0.2) is 0 Å². The average molecular weight is 375 g/mol. The van der Waals surface area contributed by atoms with Crippen LogP contribution in [0.3, 0.4) is 0 Å². The molecule has 0 saturated heterocycles. The first-order valence-electron chi connectivity index (χ1n) is 5.26. The molecule has 0 aliphatic heterocycles. The molecular formula is C13H13Br2NS. The molecule has 0 fully saturated rings. The molecule has 0 spiro atoms. The van der Waals surface area contributed by atoms with Crippen molar-refractivity contribution in [3.63, 3.8) is 0 Å². The van der Waals surface area contributed by atoms with Crippen molar-refractivity contribution in [2.75, 3.05) is 0 Å². The Balaban J connectivity index is 2.48. The molecule has 1 heterocycles. The molecule has 4 heteroatoms. The van der Waals surface area contributed by atoms with Gasteiger partial charge in [-0.2, -0.15) is 0 Å². The van der Waals surface area contributed by atoms with E-state index in [4.69, 9.17) is 5.73 Å². The van der Waals surface area contributed by atoms with Crippen LogP contribution in [-0.2, 0) is 0 Å². The van der Waals surface area contributed by atoms with Crippen LogP contribution in [0.5, 0.6) is 0 Å². The summed E-state index contributed by atoms with van der Waals surface area (Å²) in [5.74, 6) is 0. The zero-order valence-electron chi connectivity index (χ0n) is 9.63. The van der Waals surface area contributed by atoms with Gasteiger partial charge in [-0.1, -0.05) is 22.0 Å². The van der Waals surface area contributed by atoms with E-state index in [0.717, 1.165) is 8.95 Å². The van der Waals surface area contributed by atoms with Crippen LogP contribution >= 0.6 is 43.2 Å². The van der Waals surface area contributed by atoms with Gasteiger partial charge in [-0.15, -0.1) is 11.3 Å². The SMILES string of the molecule is Cc1cc(C(N)c2sccc2Br)c(C)cc1Br. The van der Waals surface area contributed by atoms with Crippen molar-refractivity contribution in [3.05, 3.63) is 54.1 Å². The van der Waals surface area contributed by atoms with Gasteiger partial charge < -0.3 is 5.73 Å². The Labute approximate surface area is 122 Å². The number of hydrogen-bond acceptors (Lipinski definition) is 2. The minimum atomic E-state index is -0.0591. The molecule has 0 radical (unpaired) electrons. The second kappa shape index (κ2) is 5.22. The average Bonchev–Trinajstić information content (AvgIpc) is 2.69. The molecule has 1 unspecified atom stereocenters. The molecule has 1 atom stereocenters. The van der Waals surface area contributed by atoms with Gasteiger partial charge in [0, 0.05) is 13.8 Å². The number of halogens is 2. The molecule has 0 saturated carbocycles. The van der Waals surface area contributed by atoms with E-state index < -0.39 is 0 Å². The molecule has 1 aromatic carbocycles. The number of benzene rings is 1. The lowest BCUT2D eigenvalue weighted by molar-refractivity contribution is 0.875. The van der Waals surface area contributed by atoms with E-state index >= 15 is 0 Å². The fourth-order valence-electron chi connectivity index (χ4n) is 1.81. The lowest BCUT2D eigenvalue weighted by atomic mass is 9.98. The van der Waals surface area contributed by atoms with Gasteiger partial charge in [0.1, 0.15) is 0 Å². The first-order chi connectivity index (χ1) is 8.00. The summed E-state index contributed by atoms with van der Waals surface area (Å²) in [6, 6.07) is 6.28. The van der Waals surface area contributed by atoms with Crippen LogP contribution in [0.1, 0.15) is 27.6 Å².